The molecule has 1 N–H and O–H groups in total. The van der Waals surface area contributed by atoms with Crippen LogP contribution < -0.4 is 4.74 Å². The molecular weight excluding hydrogens is 248 g/mol. The standard InChI is InChI=1S/C18H22O2/c1-13(2)17-9-4-14(3)10-18(17)20-12-16-7-5-15(11-19)6-8-16/h4-10,13,19H,11-12H2,1-3H3. The fourth-order valence-electron chi connectivity index (χ4n) is 2.15. The van der Waals surface area contributed by atoms with Gasteiger partial charge in [-0.25, -0.2) is 0 Å². The van der Waals surface area contributed by atoms with E-state index >= 15 is 0 Å². The van der Waals surface area contributed by atoms with E-state index in [-0.39, 0.29) is 6.61 Å². The number of benzene rings is 2. The SMILES string of the molecule is Cc1ccc(C(C)C)c(OCc2ccc(CO)cc2)c1. The van der Waals surface area contributed by atoms with Crippen LogP contribution in [0, 0.1) is 6.92 Å². The molecule has 0 unspecified atom stereocenters. The Morgan fingerprint density at radius 2 is 1.65 bits per heavy atom. The topological polar surface area (TPSA) is 29.5 Å². The molecule has 0 aliphatic heterocycles. The minimum absolute atomic E-state index is 0.0799. The zero-order valence-electron chi connectivity index (χ0n) is 12.4. The first-order valence-corrected chi connectivity index (χ1v) is 7.02. The summed E-state index contributed by atoms with van der Waals surface area (Å²) in [7, 11) is 0. The van der Waals surface area contributed by atoms with Crippen LogP contribution in [-0.2, 0) is 13.2 Å². The van der Waals surface area contributed by atoms with Crippen LogP contribution >= 0.6 is 0 Å². The first-order chi connectivity index (χ1) is 9.60. The average molecular weight is 270 g/mol. The molecule has 0 amide bonds. The number of hydrogen-bond donors (Lipinski definition) is 1. The third-order valence-electron chi connectivity index (χ3n) is 3.39. The van der Waals surface area contributed by atoms with Crippen molar-refractivity contribution in [1.82, 2.24) is 0 Å². The van der Waals surface area contributed by atoms with Crippen molar-refractivity contribution in [2.75, 3.05) is 0 Å². The van der Waals surface area contributed by atoms with Gasteiger partial charge in [-0.05, 0) is 41.2 Å². The average Bonchev–Trinajstić information content (AvgIpc) is 2.45. The molecule has 20 heavy (non-hydrogen) atoms. The zero-order valence-corrected chi connectivity index (χ0v) is 12.4. The fraction of sp³-hybridized carbons (Fsp3) is 0.333. The molecule has 2 rings (SSSR count). The van der Waals surface area contributed by atoms with Gasteiger partial charge in [0, 0.05) is 0 Å². The molecule has 0 saturated carbocycles. The molecule has 0 radical (unpaired) electrons. The molecule has 2 aromatic carbocycles. The summed E-state index contributed by atoms with van der Waals surface area (Å²) in [5, 5.41) is 9.03. The maximum Gasteiger partial charge on any atom is 0.123 e. The van der Waals surface area contributed by atoms with Crippen LogP contribution in [0.1, 0.15) is 42.0 Å². The summed E-state index contributed by atoms with van der Waals surface area (Å²) in [4.78, 5) is 0. The monoisotopic (exact) mass is 270 g/mol. The van der Waals surface area contributed by atoms with E-state index in [2.05, 4.69) is 39.0 Å². The number of aryl methyl sites for hydroxylation is 1. The molecule has 0 heterocycles. The Hall–Kier alpha value is -1.80. The first-order valence-electron chi connectivity index (χ1n) is 7.02. The molecule has 0 aromatic heterocycles. The highest BCUT2D eigenvalue weighted by Crippen LogP contribution is 2.28. The lowest BCUT2D eigenvalue weighted by molar-refractivity contribution is 0.281. The first kappa shape index (κ1) is 14.6. The lowest BCUT2D eigenvalue weighted by atomic mass is 10.0. The predicted octanol–water partition coefficient (Wildman–Crippen LogP) is 4.19. The molecule has 2 aromatic rings. The lowest BCUT2D eigenvalue weighted by Gasteiger charge is -2.15. The van der Waals surface area contributed by atoms with Gasteiger partial charge in [-0.2, -0.15) is 0 Å². The molecule has 0 aliphatic carbocycles. The summed E-state index contributed by atoms with van der Waals surface area (Å²) >= 11 is 0. The minimum Gasteiger partial charge on any atom is -0.489 e. The van der Waals surface area contributed by atoms with Crippen LogP contribution in [0.4, 0.5) is 0 Å². The number of aliphatic hydroxyl groups excluding tert-OH is 1. The number of rotatable bonds is 5. The van der Waals surface area contributed by atoms with Crippen LogP contribution in [0.5, 0.6) is 5.75 Å². The normalized spacial score (nSPS) is 10.8. The highest BCUT2D eigenvalue weighted by atomic mass is 16.5. The minimum atomic E-state index is 0.0799. The Bertz CT molecular complexity index is 556. The summed E-state index contributed by atoms with van der Waals surface area (Å²) < 4.78 is 5.98. The zero-order chi connectivity index (χ0) is 14.5. The van der Waals surface area contributed by atoms with Gasteiger partial charge < -0.3 is 9.84 Å². The van der Waals surface area contributed by atoms with Crippen LogP contribution in [0.3, 0.4) is 0 Å². The second-order valence-electron chi connectivity index (χ2n) is 5.46. The van der Waals surface area contributed by atoms with Crippen LogP contribution in [0.25, 0.3) is 0 Å². The number of aliphatic hydroxyl groups is 1. The molecule has 0 fully saturated rings. The van der Waals surface area contributed by atoms with E-state index in [1.165, 1.54) is 11.1 Å². The fourth-order valence-corrected chi connectivity index (χ4v) is 2.15. The quantitative estimate of drug-likeness (QED) is 0.882. The molecule has 0 bridgehead atoms. The second-order valence-corrected chi connectivity index (χ2v) is 5.46. The van der Waals surface area contributed by atoms with Gasteiger partial charge >= 0.3 is 0 Å². The smallest absolute Gasteiger partial charge is 0.123 e. The summed E-state index contributed by atoms with van der Waals surface area (Å²) in [6, 6.07) is 14.2. The summed E-state index contributed by atoms with van der Waals surface area (Å²) in [6.07, 6.45) is 0. The van der Waals surface area contributed by atoms with Gasteiger partial charge in [0.25, 0.3) is 0 Å². The van der Waals surface area contributed by atoms with E-state index in [1.54, 1.807) is 0 Å². The predicted molar refractivity (Wildman–Crippen MR) is 82.0 cm³/mol. The summed E-state index contributed by atoms with van der Waals surface area (Å²) in [5.74, 6) is 1.41. The maximum atomic E-state index is 9.03. The highest BCUT2D eigenvalue weighted by molar-refractivity contribution is 5.39. The summed E-state index contributed by atoms with van der Waals surface area (Å²) in [5.41, 5.74) is 4.48. The Kier molecular flexibility index (Phi) is 4.80. The number of hydrogen-bond acceptors (Lipinski definition) is 2. The van der Waals surface area contributed by atoms with E-state index in [4.69, 9.17) is 9.84 Å². The summed E-state index contributed by atoms with van der Waals surface area (Å²) in [6.45, 7) is 7.06. The molecule has 2 nitrogen and oxygen atoms in total. The largest absolute Gasteiger partial charge is 0.489 e. The Labute approximate surface area is 121 Å². The second kappa shape index (κ2) is 6.58. The third kappa shape index (κ3) is 3.61. The van der Waals surface area contributed by atoms with Crippen molar-refractivity contribution < 1.29 is 9.84 Å². The molecule has 106 valence electrons. The van der Waals surface area contributed by atoms with E-state index in [0.29, 0.717) is 12.5 Å². The molecule has 2 heteroatoms. The van der Waals surface area contributed by atoms with Gasteiger partial charge in [0.05, 0.1) is 6.61 Å². The van der Waals surface area contributed by atoms with Gasteiger partial charge in [-0.1, -0.05) is 50.2 Å². The molecule has 0 spiro atoms. The van der Waals surface area contributed by atoms with Gasteiger partial charge in [0.1, 0.15) is 12.4 Å². The van der Waals surface area contributed by atoms with E-state index < -0.39 is 0 Å². The van der Waals surface area contributed by atoms with Gasteiger partial charge in [-0.15, -0.1) is 0 Å². The van der Waals surface area contributed by atoms with Crippen molar-refractivity contribution in [3.63, 3.8) is 0 Å². The maximum absolute atomic E-state index is 9.03. The molecule has 0 aliphatic rings. The van der Waals surface area contributed by atoms with E-state index in [0.717, 1.165) is 16.9 Å². The Morgan fingerprint density at radius 3 is 2.25 bits per heavy atom. The highest BCUT2D eigenvalue weighted by Gasteiger charge is 2.08. The van der Waals surface area contributed by atoms with Crippen molar-refractivity contribution >= 4 is 0 Å². The van der Waals surface area contributed by atoms with Gasteiger partial charge in [0.15, 0.2) is 0 Å². The van der Waals surface area contributed by atoms with Crippen molar-refractivity contribution in [2.24, 2.45) is 0 Å². The van der Waals surface area contributed by atoms with Crippen molar-refractivity contribution in [3.05, 3.63) is 64.7 Å². The van der Waals surface area contributed by atoms with E-state index in [1.807, 2.05) is 24.3 Å². The van der Waals surface area contributed by atoms with Crippen molar-refractivity contribution in [1.29, 1.82) is 0 Å². The Morgan fingerprint density at radius 1 is 1.00 bits per heavy atom. The van der Waals surface area contributed by atoms with Crippen molar-refractivity contribution in [3.8, 4) is 5.75 Å². The van der Waals surface area contributed by atoms with Gasteiger partial charge in [0.2, 0.25) is 0 Å². The third-order valence-corrected chi connectivity index (χ3v) is 3.39. The molecular formula is C18H22O2. The van der Waals surface area contributed by atoms with Crippen molar-refractivity contribution in [2.45, 2.75) is 39.9 Å². The molecule has 0 atom stereocenters. The van der Waals surface area contributed by atoms with Crippen LogP contribution in [-0.4, -0.2) is 5.11 Å². The molecule has 0 saturated heterocycles. The van der Waals surface area contributed by atoms with E-state index in [9.17, 15) is 0 Å². The lowest BCUT2D eigenvalue weighted by Crippen LogP contribution is -2.00. The Balaban J connectivity index is 2.11. The van der Waals surface area contributed by atoms with Crippen LogP contribution in [0.15, 0.2) is 42.5 Å². The van der Waals surface area contributed by atoms with Crippen LogP contribution in [0.2, 0.25) is 0 Å². The van der Waals surface area contributed by atoms with Gasteiger partial charge in [-0.3, -0.25) is 0 Å². The number of ether oxygens (including phenoxy) is 1.